The molecule has 2 N–H and O–H groups in total. The monoisotopic (exact) mass is 293 g/mol. The fourth-order valence-electron chi connectivity index (χ4n) is 2.10. The lowest BCUT2D eigenvalue weighted by Crippen LogP contribution is -2.32. The van der Waals surface area contributed by atoms with E-state index in [-0.39, 0.29) is 11.7 Å². The average Bonchev–Trinajstić information content (AvgIpc) is 2.97. The van der Waals surface area contributed by atoms with Crippen LogP contribution in [0.1, 0.15) is 28.8 Å². The standard InChI is InChI=1S/C15H16FNO4/c16-13-5-3-10(4-6-14(18)19)8-12(13)15(20)17-9-11-2-1-7-21-11/h3-6,8,11H,1-2,7,9H2,(H,17,20)(H,18,19). The minimum atomic E-state index is -1.11. The van der Waals surface area contributed by atoms with Crippen molar-refractivity contribution in [1.82, 2.24) is 5.32 Å². The molecule has 0 saturated carbocycles. The number of carbonyl (C=O) groups excluding carboxylic acids is 1. The van der Waals surface area contributed by atoms with Gasteiger partial charge in [0.15, 0.2) is 0 Å². The normalized spacial score (nSPS) is 18.0. The van der Waals surface area contributed by atoms with Crippen LogP contribution in [0.15, 0.2) is 24.3 Å². The van der Waals surface area contributed by atoms with Crippen molar-refractivity contribution in [2.45, 2.75) is 18.9 Å². The number of amides is 1. The SMILES string of the molecule is O=C(O)C=Cc1ccc(F)c(C(=O)NCC2CCCO2)c1. The molecule has 112 valence electrons. The van der Waals surface area contributed by atoms with Crippen LogP contribution < -0.4 is 5.32 Å². The molecular formula is C15H16FNO4. The number of carboxylic acid groups (broad SMARTS) is 1. The third kappa shape index (κ3) is 4.39. The van der Waals surface area contributed by atoms with Crippen molar-refractivity contribution >= 4 is 18.0 Å². The summed E-state index contributed by atoms with van der Waals surface area (Å²) in [6, 6.07) is 3.87. The van der Waals surface area contributed by atoms with Crippen LogP contribution in [0.25, 0.3) is 6.08 Å². The maximum atomic E-state index is 13.7. The van der Waals surface area contributed by atoms with Crippen molar-refractivity contribution in [3.05, 3.63) is 41.2 Å². The molecule has 1 amide bonds. The number of benzene rings is 1. The Bertz CT molecular complexity index is 565. The highest BCUT2D eigenvalue weighted by atomic mass is 19.1. The minimum absolute atomic E-state index is 0.0212. The van der Waals surface area contributed by atoms with Gasteiger partial charge in [0.25, 0.3) is 5.91 Å². The van der Waals surface area contributed by atoms with Crippen molar-refractivity contribution in [3.8, 4) is 0 Å². The number of ether oxygens (including phenoxy) is 1. The highest BCUT2D eigenvalue weighted by Crippen LogP contribution is 2.14. The molecule has 1 aliphatic rings. The number of carbonyl (C=O) groups is 2. The highest BCUT2D eigenvalue weighted by Gasteiger charge is 2.18. The second kappa shape index (κ2) is 6.99. The van der Waals surface area contributed by atoms with E-state index in [0.717, 1.165) is 25.0 Å². The molecule has 21 heavy (non-hydrogen) atoms. The Hall–Kier alpha value is -2.21. The molecule has 0 bridgehead atoms. The zero-order valence-electron chi connectivity index (χ0n) is 11.3. The summed E-state index contributed by atoms with van der Waals surface area (Å²) in [5.74, 6) is -2.29. The summed E-state index contributed by atoms with van der Waals surface area (Å²) in [6.07, 6.45) is 4.06. The summed E-state index contributed by atoms with van der Waals surface area (Å²) in [7, 11) is 0. The van der Waals surface area contributed by atoms with Gasteiger partial charge < -0.3 is 15.2 Å². The van der Waals surface area contributed by atoms with E-state index in [1.165, 1.54) is 18.2 Å². The van der Waals surface area contributed by atoms with Gasteiger partial charge in [-0.3, -0.25) is 4.79 Å². The minimum Gasteiger partial charge on any atom is -0.478 e. The molecule has 1 aliphatic heterocycles. The fraction of sp³-hybridized carbons (Fsp3) is 0.333. The van der Waals surface area contributed by atoms with E-state index in [2.05, 4.69) is 5.32 Å². The summed E-state index contributed by atoms with van der Waals surface area (Å²) in [5.41, 5.74) is 0.335. The molecule has 1 aromatic carbocycles. The van der Waals surface area contributed by atoms with E-state index in [9.17, 15) is 14.0 Å². The van der Waals surface area contributed by atoms with Crippen LogP contribution in [-0.2, 0) is 9.53 Å². The van der Waals surface area contributed by atoms with Crippen molar-refractivity contribution < 1.29 is 23.8 Å². The van der Waals surface area contributed by atoms with Crippen molar-refractivity contribution in [3.63, 3.8) is 0 Å². The van der Waals surface area contributed by atoms with Gasteiger partial charge in [-0.25, -0.2) is 9.18 Å². The molecule has 0 radical (unpaired) electrons. The summed E-state index contributed by atoms with van der Waals surface area (Å²) in [5, 5.41) is 11.2. The molecule has 2 rings (SSSR count). The Labute approximate surface area is 121 Å². The van der Waals surface area contributed by atoms with Gasteiger partial charge in [-0.05, 0) is 36.6 Å². The first-order valence-corrected chi connectivity index (χ1v) is 6.66. The molecule has 1 saturated heterocycles. The Morgan fingerprint density at radius 2 is 2.29 bits per heavy atom. The van der Waals surface area contributed by atoms with E-state index in [1.54, 1.807) is 0 Å². The predicted molar refractivity (Wildman–Crippen MR) is 74.4 cm³/mol. The number of halogens is 1. The summed E-state index contributed by atoms with van der Waals surface area (Å²) >= 11 is 0. The second-order valence-electron chi connectivity index (χ2n) is 4.76. The van der Waals surface area contributed by atoms with Crippen LogP contribution in [0.4, 0.5) is 4.39 Å². The Kier molecular flexibility index (Phi) is 5.05. The van der Waals surface area contributed by atoms with E-state index in [0.29, 0.717) is 18.7 Å². The van der Waals surface area contributed by atoms with Crippen molar-refractivity contribution in [2.24, 2.45) is 0 Å². The largest absolute Gasteiger partial charge is 0.478 e. The van der Waals surface area contributed by atoms with Crippen LogP contribution in [0.2, 0.25) is 0 Å². The number of carboxylic acids is 1. The van der Waals surface area contributed by atoms with Crippen LogP contribution in [-0.4, -0.2) is 36.2 Å². The Balaban J connectivity index is 2.04. The van der Waals surface area contributed by atoms with Crippen molar-refractivity contribution in [1.29, 1.82) is 0 Å². The Morgan fingerprint density at radius 1 is 1.48 bits per heavy atom. The number of rotatable bonds is 5. The summed E-state index contributed by atoms with van der Waals surface area (Å²) in [6.45, 7) is 1.03. The van der Waals surface area contributed by atoms with Gasteiger partial charge in [0, 0.05) is 19.2 Å². The average molecular weight is 293 g/mol. The van der Waals surface area contributed by atoms with Gasteiger partial charge in [0.05, 0.1) is 11.7 Å². The molecule has 6 heteroatoms. The Morgan fingerprint density at radius 3 is 2.95 bits per heavy atom. The smallest absolute Gasteiger partial charge is 0.328 e. The fourth-order valence-corrected chi connectivity index (χ4v) is 2.10. The van der Waals surface area contributed by atoms with Crippen LogP contribution >= 0.6 is 0 Å². The number of nitrogens with one attached hydrogen (secondary N) is 1. The third-order valence-corrected chi connectivity index (χ3v) is 3.17. The zero-order chi connectivity index (χ0) is 15.2. The molecular weight excluding hydrogens is 277 g/mol. The lowest BCUT2D eigenvalue weighted by atomic mass is 10.1. The quantitative estimate of drug-likeness (QED) is 0.812. The first-order valence-electron chi connectivity index (χ1n) is 6.66. The molecule has 5 nitrogen and oxygen atoms in total. The van der Waals surface area contributed by atoms with Gasteiger partial charge in [-0.1, -0.05) is 6.07 Å². The van der Waals surface area contributed by atoms with Gasteiger partial charge in [-0.2, -0.15) is 0 Å². The maximum Gasteiger partial charge on any atom is 0.328 e. The molecule has 0 aromatic heterocycles. The van der Waals surface area contributed by atoms with Crippen LogP contribution in [0.5, 0.6) is 0 Å². The molecule has 1 atom stereocenters. The third-order valence-electron chi connectivity index (χ3n) is 3.17. The van der Waals surface area contributed by atoms with E-state index in [4.69, 9.17) is 9.84 Å². The van der Waals surface area contributed by atoms with Gasteiger partial charge in [0.2, 0.25) is 0 Å². The zero-order valence-corrected chi connectivity index (χ0v) is 11.3. The second-order valence-corrected chi connectivity index (χ2v) is 4.76. The van der Waals surface area contributed by atoms with Crippen LogP contribution in [0, 0.1) is 5.82 Å². The molecule has 0 aliphatic carbocycles. The first-order chi connectivity index (χ1) is 10.1. The lowest BCUT2D eigenvalue weighted by molar-refractivity contribution is -0.131. The number of hydrogen-bond acceptors (Lipinski definition) is 3. The number of aliphatic carboxylic acids is 1. The van der Waals surface area contributed by atoms with Crippen LogP contribution in [0.3, 0.4) is 0 Å². The summed E-state index contributed by atoms with van der Waals surface area (Å²) in [4.78, 5) is 22.4. The molecule has 1 fully saturated rings. The van der Waals surface area contributed by atoms with Gasteiger partial charge in [0.1, 0.15) is 5.82 Å². The maximum absolute atomic E-state index is 13.7. The lowest BCUT2D eigenvalue weighted by Gasteiger charge is -2.11. The first kappa shape index (κ1) is 15.2. The van der Waals surface area contributed by atoms with E-state index >= 15 is 0 Å². The summed E-state index contributed by atoms with van der Waals surface area (Å²) < 4.78 is 19.1. The predicted octanol–water partition coefficient (Wildman–Crippen LogP) is 1.83. The topological polar surface area (TPSA) is 75.6 Å². The van der Waals surface area contributed by atoms with E-state index < -0.39 is 17.7 Å². The van der Waals surface area contributed by atoms with Gasteiger partial charge in [-0.15, -0.1) is 0 Å². The van der Waals surface area contributed by atoms with E-state index in [1.807, 2.05) is 0 Å². The molecule has 0 spiro atoms. The van der Waals surface area contributed by atoms with Gasteiger partial charge >= 0.3 is 5.97 Å². The van der Waals surface area contributed by atoms with Crippen molar-refractivity contribution in [2.75, 3.05) is 13.2 Å². The highest BCUT2D eigenvalue weighted by molar-refractivity contribution is 5.95. The molecule has 1 aromatic rings. The number of hydrogen-bond donors (Lipinski definition) is 2. The molecule has 1 heterocycles. The molecule has 1 unspecified atom stereocenters.